The lowest BCUT2D eigenvalue weighted by Gasteiger charge is -2.32. The fourth-order valence-electron chi connectivity index (χ4n) is 4.37. The molecule has 0 radical (unpaired) electrons. The predicted molar refractivity (Wildman–Crippen MR) is 131 cm³/mol. The van der Waals surface area contributed by atoms with E-state index in [-0.39, 0.29) is 12.5 Å². The number of aryl methyl sites for hydroxylation is 1. The molecule has 0 unspecified atom stereocenters. The summed E-state index contributed by atoms with van der Waals surface area (Å²) in [7, 11) is 1.76. The van der Waals surface area contributed by atoms with Crippen LogP contribution in [0.15, 0.2) is 53.8 Å². The van der Waals surface area contributed by atoms with Gasteiger partial charge in [-0.1, -0.05) is 0 Å². The topological polar surface area (TPSA) is 77.2 Å². The van der Waals surface area contributed by atoms with Crippen molar-refractivity contribution in [1.82, 2.24) is 14.8 Å². The fourth-order valence-corrected chi connectivity index (χ4v) is 4.37. The summed E-state index contributed by atoms with van der Waals surface area (Å²) in [6.07, 6.45) is -0.647. The van der Waals surface area contributed by atoms with E-state index in [1.165, 1.54) is 24.3 Å². The highest BCUT2D eigenvalue weighted by molar-refractivity contribution is 5.94. The minimum atomic E-state index is -4.74. The van der Waals surface area contributed by atoms with E-state index in [9.17, 15) is 13.2 Å². The first-order valence-corrected chi connectivity index (χ1v) is 11.9. The summed E-state index contributed by atoms with van der Waals surface area (Å²) in [4.78, 5) is 6.83. The normalized spacial score (nSPS) is 16.6. The molecule has 37 heavy (non-hydrogen) atoms. The maximum absolute atomic E-state index is 12.4. The number of aromatic nitrogens is 3. The van der Waals surface area contributed by atoms with Gasteiger partial charge in [0.1, 0.15) is 17.3 Å². The van der Waals surface area contributed by atoms with Gasteiger partial charge in [0.15, 0.2) is 6.73 Å². The van der Waals surface area contributed by atoms with Crippen LogP contribution >= 0.6 is 0 Å². The van der Waals surface area contributed by atoms with Crippen molar-refractivity contribution in [2.24, 2.45) is 5.10 Å². The Morgan fingerprint density at radius 3 is 2.54 bits per heavy atom. The lowest BCUT2D eigenvalue weighted by atomic mass is 10.1. The molecule has 0 atom stereocenters. The third-order valence-electron chi connectivity index (χ3n) is 6.35. The molecule has 2 aliphatic rings. The number of benzene rings is 1. The van der Waals surface area contributed by atoms with E-state index in [1.807, 2.05) is 29.9 Å². The number of halogens is 3. The predicted octanol–water partition coefficient (Wildman–Crippen LogP) is 4.30. The van der Waals surface area contributed by atoms with Crippen LogP contribution in [-0.2, 0) is 16.0 Å². The second kappa shape index (κ2) is 10.3. The monoisotopic (exact) mass is 516 g/mol. The van der Waals surface area contributed by atoms with Crippen LogP contribution in [-0.4, -0.2) is 60.1 Å². The van der Waals surface area contributed by atoms with Crippen LogP contribution in [0.5, 0.6) is 5.75 Å². The molecule has 2 aromatic heterocycles. The Bertz CT molecular complexity index is 1250. The number of alkyl halides is 3. The van der Waals surface area contributed by atoms with Gasteiger partial charge in [0, 0.05) is 32.1 Å². The average molecular weight is 517 g/mol. The number of hydrogen-bond acceptors (Lipinski definition) is 8. The number of piperidine rings is 1. The molecule has 0 spiro atoms. The van der Waals surface area contributed by atoms with E-state index in [2.05, 4.69) is 30.9 Å². The van der Waals surface area contributed by atoms with Gasteiger partial charge in [-0.05, 0) is 67.8 Å². The van der Waals surface area contributed by atoms with Crippen molar-refractivity contribution < 1.29 is 27.4 Å². The van der Waals surface area contributed by atoms with Crippen molar-refractivity contribution in [3.8, 4) is 5.75 Å². The van der Waals surface area contributed by atoms with E-state index < -0.39 is 6.36 Å². The maximum atomic E-state index is 12.4. The number of hydrogen-bond donors (Lipinski definition) is 0. The van der Waals surface area contributed by atoms with Gasteiger partial charge in [0.25, 0.3) is 5.90 Å². The van der Waals surface area contributed by atoms with E-state index >= 15 is 0 Å². The van der Waals surface area contributed by atoms with Gasteiger partial charge in [-0.15, -0.1) is 18.3 Å². The summed E-state index contributed by atoms with van der Waals surface area (Å²) in [5, 5.41) is 10.7. The third kappa shape index (κ3) is 5.96. The zero-order valence-electron chi connectivity index (χ0n) is 20.5. The van der Waals surface area contributed by atoms with Crippen LogP contribution in [0.4, 0.5) is 24.7 Å². The van der Waals surface area contributed by atoms with Gasteiger partial charge in [-0.3, -0.25) is 4.68 Å². The van der Waals surface area contributed by atoms with E-state index in [0.29, 0.717) is 29.9 Å². The third-order valence-corrected chi connectivity index (χ3v) is 6.35. The fraction of sp³-hybridized carbons (Fsp3) is 0.400. The molecule has 9 nitrogen and oxygen atoms in total. The largest absolute Gasteiger partial charge is 0.573 e. The summed E-state index contributed by atoms with van der Waals surface area (Å²) >= 11 is 0. The number of methoxy groups -OCH3 is 1. The van der Waals surface area contributed by atoms with Crippen LogP contribution in [0, 0.1) is 6.92 Å². The Hall–Kier alpha value is -3.80. The molecule has 0 N–H and O–H groups in total. The average Bonchev–Trinajstić information content (AvgIpc) is 3.51. The Balaban J connectivity index is 1.25. The minimum Gasteiger partial charge on any atom is -0.452 e. The number of ether oxygens (including phenoxy) is 3. The Labute approximate surface area is 212 Å². The molecule has 1 saturated heterocycles. The van der Waals surface area contributed by atoms with Gasteiger partial charge in [-0.25, -0.2) is 9.99 Å². The van der Waals surface area contributed by atoms with Crippen molar-refractivity contribution in [2.45, 2.75) is 38.8 Å². The summed E-state index contributed by atoms with van der Waals surface area (Å²) < 4.78 is 54.1. The molecule has 1 fully saturated rings. The van der Waals surface area contributed by atoms with Gasteiger partial charge in [0.2, 0.25) is 0 Å². The van der Waals surface area contributed by atoms with Crippen molar-refractivity contribution in [1.29, 1.82) is 0 Å². The first-order valence-electron chi connectivity index (χ1n) is 11.9. The molecular weight excluding hydrogens is 489 g/mol. The van der Waals surface area contributed by atoms with Crippen molar-refractivity contribution in [3.63, 3.8) is 0 Å². The quantitative estimate of drug-likeness (QED) is 0.463. The Kier molecular flexibility index (Phi) is 6.92. The molecule has 0 aliphatic carbocycles. The number of pyridine rings is 1. The van der Waals surface area contributed by atoms with Gasteiger partial charge < -0.3 is 19.1 Å². The first-order chi connectivity index (χ1) is 17.8. The number of nitrogens with zero attached hydrogens (tertiary/aromatic N) is 6. The van der Waals surface area contributed by atoms with Crippen molar-refractivity contribution >= 4 is 17.4 Å². The lowest BCUT2D eigenvalue weighted by Crippen LogP contribution is -2.37. The molecule has 4 heterocycles. The smallest absolute Gasteiger partial charge is 0.452 e. The van der Waals surface area contributed by atoms with Crippen LogP contribution < -0.4 is 14.6 Å². The lowest BCUT2D eigenvalue weighted by molar-refractivity contribution is -0.274. The van der Waals surface area contributed by atoms with Crippen LogP contribution in [0.1, 0.15) is 29.8 Å². The number of anilines is 2. The summed E-state index contributed by atoms with van der Waals surface area (Å²) in [6.45, 7) is 4.46. The highest BCUT2D eigenvalue weighted by Crippen LogP contribution is 2.27. The number of hydrazone groups is 1. The van der Waals surface area contributed by atoms with E-state index in [1.54, 1.807) is 12.1 Å². The Morgan fingerprint density at radius 1 is 1.08 bits per heavy atom. The van der Waals surface area contributed by atoms with Gasteiger partial charge in [-0.2, -0.15) is 5.10 Å². The Morgan fingerprint density at radius 2 is 1.84 bits per heavy atom. The van der Waals surface area contributed by atoms with Crippen LogP contribution in [0.3, 0.4) is 0 Å². The van der Waals surface area contributed by atoms with Gasteiger partial charge >= 0.3 is 6.36 Å². The highest BCUT2D eigenvalue weighted by atomic mass is 19.4. The summed E-state index contributed by atoms with van der Waals surface area (Å²) in [5.74, 6) is 0.991. The van der Waals surface area contributed by atoms with Crippen molar-refractivity contribution in [3.05, 3.63) is 65.6 Å². The molecule has 3 aromatic rings. The van der Waals surface area contributed by atoms with E-state index in [0.717, 1.165) is 43.0 Å². The second-order valence-corrected chi connectivity index (χ2v) is 8.89. The first kappa shape index (κ1) is 24.9. The zero-order valence-corrected chi connectivity index (χ0v) is 20.5. The molecule has 0 bridgehead atoms. The maximum Gasteiger partial charge on any atom is 0.573 e. The molecule has 1 aromatic carbocycles. The highest BCUT2D eigenvalue weighted by Gasteiger charge is 2.31. The molecule has 0 saturated carbocycles. The molecule has 5 rings (SSSR count). The SMILES string of the molecule is COC1CCN(c2cc(Cn3nc(C4=NN(c5ccc(OC(F)(F)F)cc5)CO4)cc3C)ccn2)CC1. The standard InChI is InChI=1S/C25H27F3N6O3/c1-17-13-22(24-31-34(16-36-24)19-3-5-21(6-4-19)37-25(26,27)28)30-33(17)15-18-7-10-29-23(14-18)32-11-8-20(35-2)9-12-32/h3-7,10,13-14,20H,8-9,11-12,15-16H2,1-2H3. The van der Waals surface area contributed by atoms with E-state index in [4.69, 9.17) is 9.47 Å². The molecule has 0 amide bonds. The summed E-state index contributed by atoms with van der Waals surface area (Å²) in [6, 6.07) is 11.4. The van der Waals surface area contributed by atoms with Gasteiger partial charge in [0.05, 0.1) is 18.3 Å². The zero-order chi connectivity index (χ0) is 26.0. The minimum absolute atomic E-state index is 0.119. The second-order valence-electron chi connectivity index (χ2n) is 8.89. The molecule has 2 aliphatic heterocycles. The molecular formula is C25H27F3N6O3. The molecule has 12 heteroatoms. The van der Waals surface area contributed by atoms with Crippen molar-refractivity contribution in [2.75, 3.05) is 36.8 Å². The van der Waals surface area contributed by atoms with Crippen LogP contribution in [0.25, 0.3) is 0 Å². The molecule has 196 valence electrons. The number of rotatable bonds is 7. The summed E-state index contributed by atoms with van der Waals surface area (Å²) in [5.41, 5.74) is 3.16. The van der Waals surface area contributed by atoms with Crippen LogP contribution in [0.2, 0.25) is 0 Å².